The van der Waals surface area contributed by atoms with Crippen LogP contribution in [0.15, 0.2) is 18.2 Å². The fourth-order valence-corrected chi connectivity index (χ4v) is 3.70. The predicted molar refractivity (Wildman–Crippen MR) is 103 cm³/mol. The SMILES string of the molecule is NCCCCCCC(=O)Nc1cccc2c1CN(C1CCC(=O)NC1=O)C2=O. The quantitative estimate of drug-likeness (QED) is 0.459. The van der Waals surface area contributed by atoms with E-state index in [-0.39, 0.29) is 30.7 Å². The molecule has 0 aromatic heterocycles. The molecular formula is C20H26N4O4. The van der Waals surface area contributed by atoms with Crippen molar-refractivity contribution in [1.82, 2.24) is 10.2 Å². The highest BCUT2D eigenvalue weighted by Gasteiger charge is 2.39. The van der Waals surface area contributed by atoms with Gasteiger partial charge in [0.1, 0.15) is 6.04 Å². The number of nitrogens with zero attached hydrogens (tertiary/aromatic N) is 1. The summed E-state index contributed by atoms with van der Waals surface area (Å²) in [5.41, 5.74) is 7.28. The number of benzene rings is 1. The molecule has 0 spiro atoms. The molecule has 150 valence electrons. The van der Waals surface area contributed by atoms with Crippen LogP contribution in [0.2, 0.25) is 0 Å². The zero-order valence-electron chi connectivity index (χ0n) is 15.8. The molecule has 3 rings (SSSR count). The van der Waals surface area contributed by atoms with Crippen molar-refractivity contribution >= 4 is 29.3 Å². The molecule has 0 bridgehead atoms. The van der Waals surface area contributed by atoms with Crippen molar-refractivity contribution in [1.29, 1.82) is 0 Å². The lowest BCUT2D eigenvalue weighted by atomic mass is 10.0. The number of carbonyl (C=O) groups excluding carboxylic acids is 4. The zero-order valence-corrected chi connectivity index (χ0v) is 15.8. The van der Waals surface area contributed by atoms with Gasteiger partial charge in [-0.2, -0.15) is 0 Å². The van der Waals surface area contributed by atoms with Gasteiger partial charge < -0.3 is 16.0 Å². The van der Waals surface area contributed by atoms with Crippen LogP contribution in [0, 0.1) is 0 Å². The number of nitrogens with two attached hydrogens (primary N) is 1. The molecule has 2 aliphatic heterocycles. The van der Waals surface area contributed by atoms with E-state index in [4.69, 9.17) is 5.73 Å². The Hall–Kier alpha value is -2.74. The minimum atomic E-state index is -0.663. The highest BCUT2D eigenvalue weighted by atomic mass is 16.2. The smallest absolute Gasteiger partial charge is 0.255 e. The Morgan fingerprint density at radius 2 is 1.96 bits per heavy atom. The molecule has 0 radical (unpaired) electrons. The third kappa shape index (κ3) is 4.39. The number of nitrogens with one attached hydrogen (secondary N) is 2. The molecule has 0 aliphatic carbocycles. The van der Waals surface area contributed by atoms with Crippen molar-refractivity contribution < 1.29 is 19.2 Å². The summed E-state index contributed by atoms with van der Waals surface area (Å²) in [5, 5.41) is 5.19. The van der Waals surface area contributed by atoms with Crippen molar-refractivity contribution in [3.63, 3.8) is 0 Å². The molecular weight excluding hydrogens is 360 g/mol. The lowest BCUT2D eigenvalue weighted by Gasteiger charge is -2.29. The number of hydrogen-bond donors (Lipinski definition) is 3. The molecule has 0 saturated carbocycles. The van der Waals surface area contributed by atoms with E-state index >= 15 is 0 Å². The molecule has 28 heavy (non-hydrogen) atoms. The summed E-state index contributed by atoms with van der Waals surface area (Å²) in [5.74, 6) is -1.10. The van der Waals surface area contributed by atoms with Crippen molar-refractivity contribution in [3.8, 4) is 0 Å². The highest BCUT2D eigenvalue weighted by Crippen LogP contribution is 2.32. The molecule has 1 aromatic carbocycles. The maximum atomic E-state index is 12.8. The molecule has 8 nitrogen and oxygen atoms in total. The number of amides is 4. The molecule has 4 N–H and O–H groups in total. The van der Waals surface area contributed by atoms with Crippen LogP contribution < -0.4 is 16.4 Å². The van der Waals surface area contributed by atoms with Crippen molar-refractivity contribution in [2.75, 3.05) is 11.9 Å². The van der Waals surface area contributed by atoms with Crippen LogP contribution in [0.25, 0.3) is 0 Å². The zero-order chi connectivity index (χ0) is 20.1. The average Bonchev–Trinajstić information content (AvgIpc) is 2.99. The fourth-order valence-electron chi connectivity index (χ4n) is 3.70. The molecule has 1 unspecified atom stereocenters. The van der Waals surface area contributed by atoms with Gasteiger partial charge in [0.05, 0.1) is 0 Å². The first kappa shape index (κ1) is 20.0. The Bertz CT molecular complexity index is 792. The van der Waals surface area contributed by atoms with Gasteiger partial charge in [0.15, 0.2) is 0 Å². The Balaban J connectivity index is 1.64. The summed E-state index contributed by atoms with van der Waals surface area (Å²) < 4.78 is 0. The first-order valence-corrected chi connectivity index (χ1v) is 9.77. The normalized spacial score (nSPS) is 18.8. The molecule has 2 aliphatic rings. The van der Waals surface area contributed by atoms with E-state index in [0.29, 0.717) is 36.2 Å². The maximum Gasteiger partial charge on any atom is 0.255 e. The monoisotopic (exact) mass is 386 g/mol. The Kier molecular flexibility index (Phi) is 6.41. The molecule has 4 amide bonds. The van der Waals surface area contributed by atoms with Gasteiger partial charge in [-0.05, 0) is 37.9 Å². The summed E-state index contributed by atoms with van der Waals surface area (Å²) in [6.45, 7) is 0.910. The number of imide groups is 1. The molecule has 8 heteroatoms. The van der Waals surface area contributed by atoms with Crippen molar-refractivity contribution in [3.05, 3.63) is 29.3 Å². The van der Waals surface area contributed by atoms with Gasteiger partial charge in [-0.15, -0.1) is 0 Å². The van der Waals surface area contributed by atoms with Crippen LogP contribution in [-0.2, 0) is 20.9 Å². The average molecular weight is 386 g/mol. The summed E-state index contributed by atoms with van der Waals surface area (Å²) in [7, 11) is 0. The van der Waals surface area contributed by atoms with Gasteiger partial charge in [0.2, 0.25) is 17.7 Å². The minimum Gasteiger partial charge on any atom is -0.330 e. The molecule has 1 aromatic rings. The Morgan fingerprint density at radius 3 is 2.71 bits per heavy atom. The van der Waals surface area contributed by atoms with Crippen LogP contribution in [0.4, 0.5) is 5.69 Å². The summed E-state index contributed by atoms with van der Waals surface area (Å²) in [6, 6.07) is 4.53. The largest absolute Gasteiger partial charge is 0.330 e. The molecule has 2 heterocycles. The van der Waals surface area contributed by atoms with Gasteiger partial charge in [-0.1, -0.05) is 18.9 Å². The number of unbranched alkanes of at least 4 members (excludes halogenated alkanes) is 3. The minimum absolute atomic E-state index is 0.0898. The van der Waals surface area contributed by atoms with E-state index in [9.17, 15) is 19.2 Å². The number of fused-ring (bicyclic) bond motifs is 1. The van der Waals surface area contributed by atoms with Gasteiger partial charge in [0, 0.05) is 36.2 Å². The number of hydrogen-bond acceptors (Lipinski definition) is 5. The van der Waals surface area contributed by atoms with Crippen LogP contribution >= 0.6 is 0 Å². The van der Waals surface area contributed by atoms with E-state index in [1.54, 1.807) is 18.2 Å². The Labute approximate surface area is 163 Å². The lowest BCUT2D eigenvalue weighted by Crippen LogP contribution is -2.52. The molecule has 1 saturated heterocycles. The molecule has 1 fully saturated rings. The van der Waals surface area contributed by atoms with E-state index in [1.807, 2.05) is 0 Å². The standard InChI is InChI=1S/C20H26N4O4/c21-11-4-2-1-3-8-17(25)22-15-7-5-6-13-14(15)12-24(20(13)28)16-9-10-18(26)23-19(16)27/h5-7,16H,1-4,8-12,21H2,(H,22,25)(H,23,26,27). The number of anilines is 1. The van der Waals surface area contributed by atoms with E-state index in [2.05, 4.69) is 10.6 Å². The second kappa shape index (κ2) is 8.97. The van der Waals surface area contributed by atoms with Crippen LogP contribution in [0.5, 0.6) is 0 Å². The fraction of sp³-hybridized carbons (Fsp3) is 0.500. The van der Waals surface area contributed by atoms with Crippen molar-refractivity contribution in [2.45, 2.75) is 57.5 Å². The summed E-state index contributed by atoms with van der Waals surface area (Å²) in [6.07, 6.45) is 4.67. The number of carbonyl (C=O) groups is 4. The summed E-state index contributed by atoms with van der Waals surface area (Å²) in [4.78, 5) is 50.0. The number of rotatable bonds is 8. The van der Waals surface area contributed by atoms with E-state index in [0.717, 1.165) is 25.7 Å². The van der Waals surface area contributed by atoms with Crippen LogP contribution in [-0.4, -0.2) is 41.1 Å². The second-order valence-corrected chi connectivity index (χ2v) is 7.23. The second-order valence-electron chi connectivity index (χ2n) is 7.23. The van der Waals surface area contributed by atoms with E-state index in [1.165, 1.54) is 4.90 Å². The van der Waals surface area contributed by atoms with Gasteiger partial charge in [-0.25, -0.2) is 0 Å². The third-order valence-electron chi connectivity index (χ3n) is 5.21. The first-order valence-electron chi connectivity index (χ1n) is 9.77. The van der Waals surface area contributed by atoms with E-state index < -0.39 is 11.9 Å². The topological polar surface area (TPSA) is 122 Å². The maximum absolute atomic E-state index is 12.8. The highest BCUT2D eigenvalue weighted by molar-refractivity contribution is 6.06. The van der Waals surface area contributed by atoms with Crippen LogP contribution in [0.3, 0.4) is 0 Å². The predicted octanol–water partition coefficient (Wildman–Crippen LogP) is 1.30. The lowest BCUT2D eigenvalue weighted by molar-refractivity contribution is -0.137. The Morgan fingerprint density at radius 1 is 1.18 bits per heavy atom. The first-order chi connectivity index (χ1) is 13.5. The van der Waals surface area contributed by atoms with Gasteiger partial charge in [-0.3, -0.25) is 24.5 Å². The number of piperidine rings is 1. The van der Waals surface area contributed by atoms with Crippen molar-refractivity contribution in [2.24, 2.45) is 5.73 Å². The van der Waals surface area contributed by atoms with Gasteiger partial charge in [0.25, 0.3) is 5.91 Å². The molecule has 1 atom stereocenters. The van der Waals surface area contributed by atoms with Crippen LogP contribution in [0.1, 0.15) is 60.9 Å². The van der Waals surface area contributed by atoms with Gasteiger partial charge >= 0.3 is 0 Å². The summed E-state index contributed by atoms with van der Waals surface area (Å²) >= 11 is 0. The third-order valence-corrected chi connectivity index (χ3v) is 5.21.